The van der Waals surface area contributed by atoms with Gasteiger partial charge in [-0.15, -0.1) is 0 Å². The fourth-order valence-electron chi connectivity index (χ4n) is 4.26. The van der Waals surface area contributed by atoms with Gasteiger partial charge < -0.3 is 19.5 Å². The Balaban J connectivity index is 1.66. The molecule has 3 heterocycles. The second-order valence-electron chi connectivity index (χ2n) is 6.62. The summed E-state index contributed by atoms with van der Waals surface area (Å²) in [5.74, 6) is 1.50. The molecule has 3 saturated heterocycles. The van der Waals surface area contributed by atoms with Crippen LogP contribution < -0.4 is 5.32 Å². The fourth-order valence-corrected chi connectivity index (χ4v) is 4.26. The van der Waals surface area contributed by atoms with E-state index in [4.69, 9.17) is 14.2 Å². The van der Waals surface area contributed by atoms with Crippen LogP contribution in [0.4, 0.5) is 0 Å². The molecule has 1 N–H and O–H groups in total. The zero-order valence-corrected chi connectivity index (χ0v) is 12.7. The number of rotatable bonds is 4. The largest absolute Gasteiger partial charge is 0.381 e. The molecule has 3 unspecified atom stereocenters. The van der Waals surface area contributed by atoms with E-state index in [2.05, 4.69) is 12.2 Å². The van der Waals surface area contributed by atoms with Gasteiger partial charge in [0.2, 0.25) is 0 Å². The zero-order valence-electron chi connectivity index (χ0n) is 12.7. The van der Waals surface area contributed by atoms with Crippen LogP contribution in [0, 0.1) is 11.8 Å². The number of hydrogen-bond donors (Lipinski definition) is 1. The molecule has 3 atom stereocenters. The average Bonchev–Trinajstić information content (AvgIpc) is 2.93. The van der Waals surface area contributed by atoms with E-state index < -0.39 is 0 Å². The lowest BCUT2D eigenvalue weighted by Gasteiger charge is -2.43. The van der Waals surface area contributed by atoms with Crippen LogP contribution in [0.15, 0.2) is 0 Å². The Kier molecular flexibility index (Phi) is 4.97. The highest BCUT2D eigenvalue weighted by molar-refractivity contribution is 4.95. The van der Waals surface area contributed by atoms with E-state index >= 15 is 0 Å². The van der Waals surface area contributed by atoms with Crippen molar-refractivity contribution in [2.45, 2.75) is 50.7 Å². The van der Waals surface area contributed by atoms with Crippen molar-refractivity contribution in [1.29, 1.82) is 0 Å². The number of hydrogen-bond acceptors (Lipinski definition) is 4. The van der Waals surface area contributed by atoms with Gasteiger partial charge in [-0.25, -0.2) is 0 Å². The standard InChI is InChI=1S/C16H29NO3/c1-2-17-15(13-3-7-18-8-4-13)14-5-9-20-16(11-14)6-10-19-12-16/h13-15,17H,2-12H2,1H3. The van der Waals surface area contributed by atoms with Crippen LogP contribution in [0.2, 0.25) is 0 Å². The first-order valence-electron chi connectivity index (χ1n) is 8.36. The van der Waals surface area contributed by atoms with Gasteiger partial charge in [0.05, 0.1) is 12.2 Å². The summed E-state index contributed by atoms with van der Waals surface area (Å²) in [4.78, 5) is 0. The summed E-state index contributed by atoms with van der Waals surface area (Å²) < 4.78 is 17.2. The maximum absolute atomic E-state index is 6.09. The summed E-state index contributed by atoms with van der Waals surface area (Å²) in [6, 6.07) is 0.630. The molecule has 4 heteroatoms. The Hall–Kier alpha value is -0.160. The van der Waals surface area contributed by atoms with Gasteiger partial charge in [-0.1, -0.05) is 6.92 Å². The molecule has 116 valence electrons. The van der Waals surface area contributed by atoms with Crippen LogP contribution in [-0.4, -0.2) is 51.2 Å². The van der Waals surface area contributed by atoms with Gasteiger partial charge in [0.15, 0.2) is 0 Å². The lowest BCUT2D eigenvalue weighted by Crippen LogP contribution is -2.50. The SMILES string of the molecule is CCNC(C1CCOCC1)C1CCOC2(CCOC2)C1. The third-order valence-corrected chi connectivity index (χ3v) is 5.32. The van der Waals surface area contributed by atoms with Gasteiger partial charge in [-0.3, -0.25) is 0 Å². The summed E-state index contributed by atoms with van der Waals surface area (Å²) in [5, 5.41) is 3.78. The highest BCUT2D eigenvalue weighted by Crippen LogP contribution is 2.39. The first-order valence-corrected chi connectivity index (χ1v) is 8.36. The van der Waals surface area contributed by atoms with Crippen molar-refractivity contribution in [2.24, 2.45) is 11.8 Å². The van der Waals surface area contributed by atoms with E-state index in [9.17, 15) is 0 Å². The maximum atomic E-state index is 6.09. The minimum absolute atomic E-state index is 0.0295. The molecular weight excluding hydrogens is 254 g/mol. The molecule has 3 rings (SSSR count). The molecule has 0 aliphatic carbocycles. The number of ether oxygens (including phenoxy) is 3. The summed E-state index contributed by atoms with van der Waals surface area (Å²) in [6.07, 6.45) is 5.85. The average molecular weight is 283 g/mol. The first kappa shape index (κ1) is 14.8. The van der Waals surface area contributed by atoms with Gasteiger partial charge in [-0.05, 0) is 44.1 Å². The Morgan fingerprint density at radius 2 is 1.85 bits per heavy atom. The van der Waals surface area contributed by atoms with Crippen molar-refractivity contribution in [2.75, 3.05) is 39.6 Å². The van der Waals surface area contributed by atoms with E-state index in [1.54, 1.807) is 0 Å². The Morgan fingerprint density at radius 1 is 1.05 bits per heavy atom. The molecule has 20 heavy (non-hydrogen) atoms. The van der Waals surface area contributed by atoms with E-state index in [1.165, 1.54) is 25.7 Å². The third kappa shape index (κ3) is 3.19. The van der Waals surface area contributed by atoms with Crippen LogP contribution in [-0.2, 0) is 14.2 Å². The highest BCUT2D eigenvalue weighted by atomic mass is 16.6. The van der Waals surface area contributed by atoms with E-state index in [0.717, 1.165) is 57.8 Å². The molecule has 0 aromatic rings. The normalized spacial score (nSPS) is 37.4. The summed E-state index contributed by atoms with van der Waals surface area (Å²) >= 11 is 0. The summed E-state index contributed by atoms with van der Waals surface area (Å²) in [7, 11) is 0. The molecular formula is C16H29NO3. The molecule has 0 bridgehead atoms. The van der Waals surface area contributed by atoms with Crippen LogP contribution in [0.25, 0.3) is 0 Å². The summed E-state index contributed by atoms with van der Waals surface area (Å²) in [5.41, 5.74) is 0.0295. The van der Waals surface area contributed by atoms with Gasteiger partial charge in [-0.2, -0.15) is 0 Å². The van der Waals surface area contributed by atoms with Crippen molar-refractivity contribution in [3.8, 4) is 0 Å². The van der Waals surface area contributed by atoms with Crippen molar-refractivity contribution >= 4 is 0 Å². The van der Waals surface area contributed by atoms with Crippen molar-refractivity contribution < 1.29 is 14.2 Å². The minimum atomic E-state index is 0.0295. The second kappa shape index (κ2) is 6.73. The molecule has 3 fully saturated rings. The monoisotopic (exact) mass is 283 g/mol. The van der Waals surface area contributed by atoms with Gasteiger partial charge in [0.1, 0.15) is 0 Å². The molecule has 4 nitrogen and oxygen atoms in total. The van der Waals surface area contributed by atoms with Gasteiger partial charge >= 0.3 is 0 Å². The van der Waals surface area contributed by atoms with Gasteiger partial charge in [0.25, 0.3) is 0 Å². The highest BCUT2D eigenvalue weighted by Gasteiger charge is 2.44. The van der Waals surface area contributed by atoms with E-state index in [-0.39, 0.29) is 5.60 Å². The quantitative estimate of drug-likeness (QED) is 0.856. The third-order valence-electron chi connectivity index (χ3n) is 5.32. The lowest BCUT2D eigenvalue weighted by atomic mass is 9.75. The molecule has 3 aliphatic heterocycles. The minimum Gasteiger partial charge on any atom is -0.381 e. The number of nitrogens with one attached hydrogen (secondary N) is 1. The predicted octanol–water partition coefficient (Wildman–Crippen LogP) is 1.98. The molecule has 0 radical (unpaired) electrons. The second-order valence-corrected chi connectivity index (χ2v) is 6.62. The first-order chi connectivity index (χ1) is 9.83. The molecule has 1 spiro atoms. The predicted molar refractivity (Wildman–Crippen MR) is 77.9 cm³/mol. The smallest absolute Gasteiger partial charge is 0.0939 e. The van der Waals surface area contributed by atoms with Gasteiger partial charge in [0, 0.05) is 38.9 Å². The van der Waals surface area contributed by atoms with Crippen molar-refractivity contribution in [3.05, 3.63) is 0 Å². The molecule has 0 amide bonds. The zero-order chi connectivity index (χ0) is 13.8. The molecule has 0 saturated carbocycles. The van der Waals surface area contributed by atoms with Crippen LogP contribution in [0.5, 0.6) is 0 Å². The Labute approximate surface area is 122 Å². The van der Waals surface area contributed by atoms with Crippen molar-refractivity contribution in [3.63, 3.8) is 0 Å². The summed E-state index contributed by atoms with van der Waals surface area (Å²) in [6.45, 7) is 7.72. The fraction of sp³-hybridized carbons (Fsp3) is 1.00. The lowest BCUT2D eigenvalue weighted by molar-refractivity contribution is -0.108. The van der Waals surface area contributed by atoms with Crippen LogP contribution in [0.3, 0.4) is 0 Å². The maximum Gasteiger partial charge on any atom is 0.0939 e. The van der Waals surface area contributed by atoms with E-state index in [1.807, 2.05) is 0 Å². The molecule has 0 aromatic heterocycles. The van der Waals surface area contributed by atoms with Crippen LogP contribution >= 0.6 is 0 Å². The van der Waals surface area contributed by atoms with Crippen molar-refractivity contribution in [1.82, 2.24) is 5.32 Å². The topological polar surface area (TPSA) is 39.7 Å². The Morgan fingerprint density at radius 3 is 2.55 bits per heavy atom. The molecule has 0 aromatic carbocycles. The van der Waals surface area contributed by atoms with E-state index in [0.29, 0.717) is 6.04 Å². The van der Waals surface area contributed by atoms with Crippen LogP contribution in [0.1, 0.15) is 39.0 Å². The Bertz CT molecular complexity index is 298. The molecule has 3 aliphatic rings.